The second kappa shape index (κ2) is 3.62. The molecule has 0 saturated heterocycles. The minimum absolute atomic E-state index is 0.475. The maximum absolute atomic E-state index is 5.55. The lowest BCUT2D eigenvalue weighted by atomic mass is 10.0. The highest BCUT2D eigenvalue weighted by molar-refractivity contribution is 5.64. The summed E-state index contributed by atoms with van der Waals surface area (Å²) >= 11 is 0. The topological polar surface area (TPSA) is 39.2 Å². The molecule has 0 radical (unpaired) electrons. The molecule has 68 valence electrons. The molecule has 1 aromatic rings. The highest BCUT2D eigenvalue weighted by Crippen LogP contribution is 2.24. The molecule has 0 aromatic carbocycles. The van der Waals surface area contributed by atoms with E-state index in [-0.39, 0.29) is 0 Å². The van der Waals surface area contributed by atoms with Crippen LogP contribution in [0, 0.1) is 0 Å². The van der Waals surface area contributed by atoms with Gasteiger partial charge < -0.3 is 10.2 Å². The van der Waals surface area contributed by atoms with Crippen molar-refractivity contribution >= 4 is 5.57 Å². The van der Waals surface area contributed by atoms with Gasteiger partial charge in [0.25, 0.3) is 0 Å². The minimum atomic E-state index is 0.475. The molecule has 2 N–H and O–H groups in total. The van der Waals surface area contributed by atoms with Crippen molar-refractivity contribution in [3.8, 4) is 0 Å². The SMILES string of the molecule is NCc1ccc(C2=CC=CCC2)o1. The standard InChI is InChI=1S/C11H13NO/c12-8-10-6-7-11(13-10)9-4-2-1-3-5-9/h1-2,4,6-7H,3,5,8,12H2. The van der Waals surface area contributed by atoms with Crippen LogP contribution in [0.4, 0.5) is 0 Å². The predicted molar refractivity (Wildman–Crippen MR) is 53.0 cm³/mol. The van der Waals surface area contributed by atoms with Crippen LogP contribution in [-0.4, -0.2) is 0 Å². The molecule has 1 aromatic heterocycles. The van der Waals surface area contributed by atoms with Gasteiger partial charge in [-0.05, 0) is 30.5 Å². The molecule has 13 heavy (non-hydrogen) atoms. The number of nitrogens with two attached hydrogens (primary N) is 1. The Morgan fingerprint density at radius 2 is 2.31 bits per heavy atom. The summed E-state index contributed by atoms with van der Waals surface area (Å²) in [6.07, 6.45) is 8.50. The van der Waals surface area contributed by atoms with Crippen molar-refractivity contribution in [2.75, 3.05) is 0 Å². The van der Waals surface area contributed by atoms with Crippen molar-refractivity contribution in [3.63, 3.8) is 0 Å². The molecular formula is C11H13NO. The molecule has 0 unspecified atom stereocenters. The third-order valence-corrected chi connectivity index (χ3v) is 2.19. The Hall–Kier alpha value is -1.28. The lowest BCUT2D eigenvalue weighted by Gasteiger charge is -2.04. The van der Waals surface area contributed by atoms with E-state index >= 15 is 0 Å². The molecule has 0 amide bonds. The van der Waals surface area contributed by atoms with Crippen LogP contribution >= 0.6 is 0 Å². The molecule has 1 aliphatic rings. The quantitative estimate of drug-likeness (QED) is 0.750. The molecule has 0 spiro atoms. The summed E-state index contributed by atoms with van der Waals surface area (Å²) in [6, 6.07) is 3.93. The summed E-state index contributed by atoms with van der Waals surface area (Å²) < 4.78 is 5.55. The highest BCUT2D eigenvalue weighted by Gasteiger charge is 2.07. The van der Waals surface area contributed by atoms with Gasteiger partial charge in [-0.25, -0.2) is 0 Å². The Morgan fingerprint density at radius 3 is 2.92 bits per heavy atom. The summed E-state index contributed by atoms with van der Waals surface area (Å²) in [7, 11) is 0. The molecule has 0 bridgehead atoms. The van der Waals surface area contributed by atoms with E-state index < -0.39 is 0 Å². The molecule has 2 rings (SSSR count). The molecule has 0 aliphatic heterocycles. The zero-order chi connectivity index (χ0) is 9.10. The van der Waals surface area contributed by atoms with E-state index in [0.717, 1.165) is 24.4 Å². The average Bonchev–Trinajstić information content (AvgIpc) is 2.67. The summed E-state index contributed by atoms with van der Waals surface area (Å²) in [6.45, 7) is 0.475. The number of rotatable bonds is 2. The molecule has 0 saturated carbocycles. The Bertz CT molecular complexity index is 347. The normalized spacial score (nSPS) is 15.9. The first kappa shape index (κ1) is 8.32. The molecule has 1 heterocycles. The monoisotopic (exact) mass is 175 g/mol. The van der Waals surface area contributed by atoms with Crippen LogP contribution in [0.15, 0.2) is 34.8 Å². The van der Waals surface area contributed by atoms with Crippen molar-refractivity contribution < 1.29 is 4.42 Å². The fourth-order valence-electron chi connectivity index (χ4n) is 1.47. The average molecular weight is 175 g/mol. The number of furan rings is 1. The van der Waals surface area contributed by atoms with Crippen LogP contribution < -0.4 is 5.73 Å². The van der Waals surface area contributed by atoms with Crippen LogP contribution in [0.3, 0.4) is 0 Å². The van der Waals surface area contributed by atoms with Gasteiger partial charge in [0.2, 0.25) is 0 Å². The highest BCUT2D eigenvalue weighted by atomic mass is 16.3. The van der Waals surface area contributed by atoms with Gasteiger partial charge in [0.05, 0.1) is 6.54 Å². The zero-order valence-electron chi connectivity index (χ0n) is 7.49. The van der Waals surface area contributed by atoms with Crippen LogP contribution in [0.1, 0.15) is 24.4 Å². The zero-order valence-corrected chi connectivity index (χ0v) is 7.49. The smallest absolute Gasteiger partial charge is 0.130 e. The summed E-state index contributed by atoms with van der Waals surface area (Å²) in [5.74, 6) is 1.82. The third-order valence-electron chi connectivity index (χ3n) is 2.19. The predicted octanol–water partition coefficient (Wildman–Crippen LogP) is 2.47. The van der Waals surface area contributed by atoms with E-state index in [0.29, 0.717) is 6.54 Å². The summed E-state index contributed by atoms with van der Waals surface area (Å²) in [4.78, 5) is 0. The lowest BCUT2D eigenvalue weighted by Crippen LogP contribution is -1.93. The van der Waals surface area contributed by atoms with E-state index in [1.165, 1.54) is 5.57 Å². The number of allylic oxidation sites excluding steroid dienone is 4. The van der Waals surface area contributed by atoms with Crippen molar-refractivity contribution in [3.05, 3.63) is 41.9 Å². The molecule has 2 heteroatoms. The minimum Gasteiger partial charge on any atom is -0.460 e. The van der Waals surface area contributed by atoms with Crippen LogP contribution in [0.2, 0.25) is 0 Å². The Labute approximate surface area is 77.7 Å². The van der Waals surface area contributed by atoms with E-state index in [1.54, 1.807) is 0 Å². The van der Waals surface area contributed by atoms with Gasteiger partial charge >= 0.3 is 0 Å². The second-order valence-corrected chi connectivity index (χ2v) is 3.13. The Morgan fingerprint density at radius 1 is 1.38 bits per heavy atom. The van der Waals surface area contributed by atoms with E-state index in [1.807, 2.05) is 12.1 Å². The van der Waals surface area contributed by atoms with Gasteiger partial charge in [-0.15, -0.1) is 0 Å². The van der Waals surface area contributed by atoms with Gasteiger partial charge in [0, 0.05) is 0 Å². The van der Waals surface area contributed by atoms with Crippen LogP contribution in [-0.2, 0) is 6.54 Å². The first-order valence-electron chi connectivity index (χ1n) is 4.55. The fourth-order valence-corrected chi connectivity index (χ4v) is 1.47. The lowest BCUT2D eigenvalue weighted by molar-refractivity contribution is 0.498. The van der Waals surface area contributed by atoms with Gasteiger partial charge in [-0.3, -0.25) is 0 Å². The maximum Gasteiger partial charge on any atom is 0.130 e. The van der Waals surface area contributed by atoms with Gasteiger partial charge in [-0.2, -0.15) is 0 Å². The fraction of sp³-hybridized carbons (Fsp3) is 0.273. The molecular weight excluding hydrogens is 162 g/mol. The molecule has 0 fully saturated rings. The third kappa shape index (κ3) is 1.73. The Kier molecular flexibility index (Phi) is 2.32. The number of hydrogen-bond donors (Lipinski definition) is 1. The summed E-state index contributed by atoms with van der Waals surface area (Å²) in [5.41, 5.74) is 6.73. The first-order chi connectivity index (χ1) is 6.40. The largest absolute Gasteiger partial charge is 0.460 e. The van der Waals surface area contributed by atoms with Crippen molar-refractivity contribution in [2.24, 2.45) is 5.73 Å². The van der Waals surface area contributed by atoms with E-state index in [2.05, 4.69) is 18.2 Å². The first-order valence-corrected chi connectivity index (χ1v) is 4.55. The second-order valence-electron chi connectivity index (χ2n) is 3.13. The molecule has 0 atom stereocenters. The summed E-state index contributed by atoms with van der Waals surface area (Å²) in [5, 5.41) is 0. The van der Waals surface area contributed by atoms with Gasteiger partial charge in [0.1, 0.15) is 11.5 Å². The molecule has 2 nitrogen and oxygen atoms in total. The van der Waals surface area contributed by atoms with Crippen molar-refractivity contribution in [1.29, 1.82) is 0 Å². The van der Waals surface area contributed by atoms with E-state index in [4.69, 9.17) is 10.2 Å². The van der Waals surface area contributed by atoms with Gasteiger partial charge in [-0.1, -0.05) is 18.2 Å². The number of hydrogen-bond acceptors (Lipinski definition) is 2. The Balaban J connectivity index is 2.24. The van der Waals surface area contributed by atoms with Gasteiger partial charge in [0.15, 0.2) is 0 Å². The maximum atomic E-state index is 5.55. The van der Waals surface area contributed by atoms with Crippen molar-refractivity contribution in [1.82, 2.24) is 0 Å². The van der Waals surface area contributed by atoms with Crippen molar-refractivity contribution in [2.45, 2.75) is 19.4 Å². The van der Waals surface area contributed by atoms with E-state index in [9.17, 15) is 0 Å². The van der Waals surface area contributed by atoms with Crippen LogP contribution in [0.5, 0.6) is 0 Å². The molecule has 1 aliphatic carbocycles. The van der Waals surface area contributed by atoms with Crippen LogP contribution in [0.25, 0.3) is 5.57 Å².